The molecule has 1 aliphatic rings. The predicted molar refractivity (Wildman–Crippen MR) is 61.1 cm³/mol. The van der Waals surface area contributed by atoms with Crippen LogP contribution in [0.15, 0.2) is 24.3 Å². The van der Waals surface area contributed by atoms with E-state index in [2.05, 4.69) is 24.3 Å². The Morgan fingerprint density at radius 3 is 1.75 bits per heavy atom. The number of fused-ring (bicyclic) bond motifs is 1. The number of hydrogen-bond acceptors (Lipinski definition) is 3. The molecule has 2 rings (SSSR count). The minimum absolute atomic E-state index is 0.213. The zero-order valence-electron chi connectivity index (χ0n) is 10.0. The van der Waals surface area contributed by atoms with Crippen LogP contribution in [0.4, 0.5) is 0 Å². The van der Waals surface area contributed by atoms with Gasteiger partial charge >= 0.3 is 0 Å². The van der Waals surface area contributed by atoms with Crippen molar-refractivity contribution in [3.05, 3.63) is 35.4 Å². The van der Waals surface area contributed by atoms with Crippen molar-refractivity contribution in [3.63, 3.8) is 0 Å². The summed E-state index contributed by atoms with van der Waals surface area (Å²) in [4.78, 5) is 0. The second-order valence-electron chi connectivity index (χ2n) is 4.09. The molecule has 0 aliphatic heterocycles. The molecule has 0 aromatic heterocycles. The first-order valence-electron chi connectivity index (χ1n) is 5.48. The lowest BCUT2D eigenvalue weighted by molar-refractivity contribution is -0.377. The zero-order valence-corrected chi connectivity index (χ0v) is 10.0. The first-order valence-corrected chi connectivity index (χ1v) is 5.48. The molecule has 0 atom stereocenters. The molecular weight excluding hydrogens is 204 g/mol. The minimum Gasteiger partial charge on any atom is -0.331 e. The lowest BCUT2D eigenvalue weighted by Crippen LogP contribution is -2.44. The molecule has 1 aromatic carbocycles. The van der Waals surface area contributed by atoms with E-state index in [9.17, 15) is 0 Å². The Morgan fingerprint density at radius 1 is 0.938 bits per heavy atom. The van der Waals surface area contributed by atoms with Crippen LogP contribution in [0.1, 0.15) is 11.1 Å². The molecule has 3 heteroatoms. The SMILES string of the molecule is COC(OC)(OC)C1Cc2ccccc2C1. The van der Waals surface area contributed by atoms with Gasteiger partial charge in [0.05, 0.1) is 0 Å². The van der Waals surface area contributed by atoms with E-state index in [0.717, 1.165) is 12.8 Å². The quantitative estimate of drug-likeness (QED) is 0.729. The van der Waals surface area contributed by atoms with E-state index >= 15 is 0 Å². The fourth-order valence-corrected chi connectivity index (χ4v) is 2.56. The Bertz CT molecular complexity index is 325. The summed E-state index contributed by atoms with van der Waals surface area (Å²) in [6, 6.07) is 8.44. The summed E-state index contributed by atoms with van der Waals surface area (Å²) in [5.41, 5.74) is 2.73. The van der Waals surface area contributed by atoms with Crippen molar-refractivity contribution in [2.75, 3.05) is 21.3 Å². The Morgan fingerprint density at radius 2 is 1.38 bits per heavy atom. The molecule has 0 bridgehead atoms. The molecule has 1 aliphatic carbocycles. The van der Waals surface area contributed by atoms with Gasteiger partial charge in [-0.2, -0.15) is 0 Å². The number of ether oxygens (including phenoxy) is 3. The van der Waals surface area contributed by atoms with Gasteiger partial charge in [0.1, 0.15) is 0 Å². The fraction of sp³-hybridized carbons (Fsp3) is 0.538. The van der Waals surface area contributed by atoms with Gasteiger partial charge in [-0.1, -0.05) is 24.3 Å². The molecule has 0 spiro atoms. The van der Waals surface area contributed by atoms with Crippen LogP contribution in [-0.2, 0) is 27.1 Å². The molecule has 0 heterocycles. The van der Waals surface area contributed by atoms with E-state index in [1.54, 1.807) is 21.3 Å². The van der Waals surface area contributed by atoms with Crippen molar-refractivity contribution in [3.8, 4) is 0 Å². The van der Waals surface area contributed by atoms with E-state index < -0.39 is 5.97 Å². The highest BCUT2D eigenvalue weighted by Crippen LogP contribution is 2.36. The van der Waals surface area contributed by atoms with Crippen molar-refractivity contribution in [2.45, 2.75) is 18.8 Å². The van der Waals surface area contributed by atoms with Gasteiger partial charge in [-0.05, 0) is 24.0 Å². The molecular formula is C13H18O3. The standard InChI is InChI=1S/C13H18O3/c1-14-13(15-2,16-3)12-8-10-6-4-5-7-11(10)9-12/h4-7,12H,8-9H2,1-3H3. The second-order valence-corrected chi connectivity index (χ2v) is 4.09. The number of rotatable bonds is 4. The van der Waals surface area contributed by atoms with Crippen LogP contribution in [0.25, 0.3) is 0 Å². The van der Waals surface area contributed by atoms with Crippen molar-refractivity contribution in [1.29, 1.82) is 0 Å². The smallest absolute Gasteiger partial charge is 0.285 e. The van der Waals surface area contributed by atoms with E-state index in [-0.39, 0.29) is 5.92 Å². The average molecular weight is 222 g/mol. The fourth-order valence-electron chi connectivity index (χ4n) is 2.56. The Balaban J connectivity index is 2.21. The summed E-state index contributed by atoms with van der Waals surface area (Å²) in [5.74, 6) is -0.705. The van der Waals surface area contributed by atoms with Gasteiger partial charge < -0.3 is 14.2 Å². The molecule has 0 radical (unpaired) electrons. The Hall–Kier alpha value is -0.900. The Kier molecular flexibility index (Phi) is 3.28. The zero-order chi connectivity index (χ0) is 11.6. The van der Waals surface area contributed by atoms with Gasteiger partial charge in [-0.15, -0.1) is 0 Å². The summed E-state index contributed by atoms with van der Waals surface area (Å²) < 4.78 is 16.2. The van der Waals surface area contributed by atoms with Gasteiger partial charge in [0.2, 0.25) is 0 Å². The van der Waals surface area contributed by atoms with Crippen molar-refractivity contribution >= 4 is 0 Å². The van der Waals surface area contributed by atoms with Gasteiger partial charge in [0.25, 0.3) is 5.97 Å². The maximum absolute atomic E-state index is 5.41. The van der Waals surface area contributed by atoms with Gasteiger partial charge in [0.15, 0.2) is 0 Å². The largest absolute Gasteiger partial charge is 0.331 e. The molecule has 0 amide bonds. The summed E-state index contributed by atoms with van der Waals surface area (Å²) in [5, 5.41) is 0. The molecule has 0 saturated heterocycles. The molecule has 88 valence electrons. The van der Waals surface area contributed by atoms with Crippen LogP contribution in [-0.4, -0.2) is 27.3 Å². The maximum Gasteiger partial charge on any atom is 0.285 e. The summed E-state index contributed by atoms with van der Waals surface area (Å²) in [7, 11) is 4.86. The van der Waals surface area contributed by atoms with Gasteiger partial charge in [-0.25, -0.2) is 0 Å². The van der Waals surface area contributed by atoms with E-state index in [0.29, 0.717) is 0 Å². The van der Waals surface area contributed by atoms with Crippen molar-refractivity contribution < 1.29 is 14.2 Å². The highest BCUT2D eigenvalue weighted by molar-refractivity contribution is 5.32. The molecule has 3 nitrogen and oxygen atoms in total. The topological polar surface area (TPSA) is 27.7 Å². The van der Waals surface area contributed by atoms with Crippen molar-refractivity contribution in [2.24, 2.45) is 5.92 Å². The summed E-state index contributed by atoms with van der Waals surface area (Å²) in [6.45, 7) is 0. The van der Waals surface area contributed by atoms with Crippen LogP contribution in [0.3, 0.4) is 0 Å². The van der Waals surface area contributed by atoms with Crippen LogP contribution in [0.2, 0.25) is 0 Å². The number of benzene rings is 1. The highest BCUT2D eigenvalue weighted by atomic mass is 16.9. The highest BCUT2D eigenvalue weighted by Gasteiger charge is 2.43. The summed E-state index contributed by atoms with van der Waals surface area (Å²) >= 11 is 0. The van der Waals surface area contributed by atoms with Crippen LogP contribution >= 0.6 is 0 Å². The maximum atomic E-state index is 5.41. The monoisotopic (exact) mass is 222 g/mol. The number of hydrogen-bond donors (Lipinski definition) is 0. The third-order valence-corrected chi connectivity index (χ3v) is 3.40. The van der Waals surface area contributed by atoms with E-state index in [4.69, 9.17) is 14.2 Å². The van der Waals surface area contributed by atoms with Gasteiger partial charge in [0, 0.05) is 27.2 Å². The van der Waals surface area contributed by atoms with Crippen molar-refractivity contribution in [1.82, 2.24) is 0 Å². The molecule has 0 fully saturated rings. The first-order chi connectivity index (χ1) is 7.75. The van der Waals surface area contributed by atoms with Gasteiger partial charge in [-0.3, -0.25) is 0 Å². The minimum atomic E-state index is -0.918. The molecule has 16 heavy (non-hydrogen) atoms. The predicted octanol–water partition coefficient (Wildman–Crippen LogP) is 1.99. The van der Waals surface area contributed by atoms with E-state index in [1.807, 2.05) is 0 Å². The number of methoxy groups -OCH3 is 3. The third-order valence-electron chi connectivity index (χ3n) is 3.40. The summed E-state index contributed by atoms with van der Waals surface area (Å²) in [6.07, 6.45) is 1.87. The third kappa shape index (κ3) is 1.75. The first kappa shape index (κ1) is 11.6. The van der Waals surface area contributed by atoms with Crippen LogP contribution < -0.4 is 0 Å². The van der Waals surface area contributed by atoms with Crippen LogP contribution in [0, 0.1) is 5.92 Å². The molecule has 0 saturated carbocycles. The van der Waals surface area contributed by atoms with Crippen LogP contribution in [0.5, 0.6) is 0 Å². The normalized spacial score (nSPS) is 16.4. The molecule has 1 aromatic rings. The van der Waals surface area contributed by atoms with E-state index in [1.165, 1.54) is 11.1 Å². The lowest BCUT2D eigenvalue weighted by atomic mass is 10.0. The average Bonchev–Trinajstić information content (AvgIpc) is 2.76. The second kappa shape index (κ2) is 4.53. The Labute approximate surface area is 96.3 Å². The molecule has 0 N–H and O–H groups in total. The molecule has 0 unspecified atom stereocenters. The lowest BCUT2D eigenvalue weighted by Gasteiger charge is -2.34.